The van der Waals surface area contributed by atoms with Crippen molar-refractivity contribution < 1.29 is 39.0 Å². The van der Waals surface area contributed by atoms with E-state index in [2.05, 4.69) is 20.3 Å². The van der Waals surface area contributed by atoms with E-state index in [1.165, 1.54) is 13.2 Å². The molecule has 0 bridgehead atoms. The number of fused-ring (bicyclic) bond motifs is 1. The van der Waals surface area contributed by atoms with Gasteiger partial charge in [0.25, 0.3) is 5.91 Å². The Bertz CT molecular complexity index is 1160. The van der Waals surface area contributed by atoms with E-state index >= 15 is 0 Å². The number of anilines is 1. The first-order chi connectivity index (χ1) is 17.0. The second-order valence-corrected chi connectivity index (χ2v) is 11.2. The number of oxime groups is 1. The van der Waals surface area contributed by atoms with Crippen LogP contribution in [0.4, 0.5) is 5.13 Å². The fourth-order valence-corrected chi connectivity index (χ4v) is 6.96. The lowest BCUT2D eigenvalue weighted by molar-refractivity contribution is -0.894. The van der Waals surface area contributed by atoms with Gasteiger partial charge in [0.1, 0.15) is 38.6 Å². The molecule has 15 heteroatoms. The van der Waals surface area contributed by atoms with Gasteiger partial charge in [0.15, 0.2) is 10.0 Å². The fraction of sp³-hybridized carbons (Fsp3) is 0.476. The third-order valence-electron chi connectivity index (χ3n) is 6.28. The Morgan fingerprint density at radius 3 is 2.69 bits per heavy atom. The van der Waals surface area contributed by atoms with E-state index in [0.29, 0.717) is 24.1 Å². The van der Waals surface area contributed by atoms with Crippen LogP contribution in [0.15, 0.2) is 34.0 Å². The quantitative estimate of drug-likeness (QED) is 0.121. The Labute approximate surface area is 214 Å². The number of likely N-dealkylation sites (N-methyl/N-ethyl adjacent to an activating group) is 1. The Morgan fingerprint density at radius 1 is 1.44 bits per heavy atom. The van der Waals surface area contributed by atoms with Gasteiger partial charge in [-0.15, -0.1) is 11.3 Å². The number of carbonyl (C=O) groups excluding carboxylic acids is 3. The van der Waals surface area contributed by atoms with E-state index in [9.17, 15) is 29.7 Å². The van der Waals surface area contributed by atoms with Gasteiger partial charge in [-0.3, -0.25) is 14.5 Å². The third kappa shape index (κ3) is 4.71. The first kappa shape index (κ1) is 26.1. The van der Waals surface area contributed by atoms with Crippen LogP contribution in [0.1, 0.15) is 12.1 Å². The molecule has 2 saturated heterocycles. The van der Waals surface area contributed by atoms with Gasteiger partial charge in [-0.05, 0) is 6.08 Å². The second kappa shape index (κ2) is 9.82. The number of likely N-dealkylation sites (tertiary alicyclic amines) is 1. The summed E-state index contributed by atoms with van der Waals surface area (Å²) in [6, 6.07) is 0. The number of aliphatic hydroxyl groups excluding tert-OH is 2. The van der Waals surface area contributed by atoms with Gasteiger partial charge in [-0.1, -0.05) is 23.0 Å². The maximum absolute atomic E-state index is 12.8. The number of nitrogen functional groups attached to an aromatic ring is 1. The van der Waals surface area contributed by atoms with Crippen molar-refractivity contribution >= 4 is 52.2 Å². The Hall–Kier alpha value is -2.98. The number of thioether (sulfide) groups is 1. The van der Waals surface area contributed by atoms with Gasteiger partial charge in [-0.2, -0.15) is 0 Å². The van der Waals surface area contributed by atoms with Gasteiger partial charge in [0.05, 0.1) is 42.7 Å². The first-order valence-electron chi connectivity index (χ1n) is 10.9. The van der Waals surface area contributed by atoms with Gasteiger partial charge in [-0.25, -0.2) is 4.98 Å². The molecule has 5 N–H and O–H groups in total. The fourth-order valence-electron chi connectivity index (χ4n) is 4.63. The van der Waals surface area contributed by atoms with Gasteiger partial charge < -0.3 is 40.5 Å². The van der Waals surface area contributed by atoms with Crippen molar-refractivity contribution in [2.75, 3.05) is 39.5 Å². The molecule has 1 unspecified atom stereocenters. The van der Waals surface area contributed by atoms with Gasteiger partial charge >= 0.3 is 0 Å². The number of rotatable bonds is 8. The summed E-state index contributed by atoms with van der Waals surface area (Å²) in [6.07, 6.45) is 2.39. The highest BCUT2D eigenvalue weighted by atomic mass is 32.2. The average Bonchev–Trinajstić information content (AvgIpc) is 3.34. The zero-order chi connectivity index (χ0) is 26.3. The topological polar surface area (TPSA) is 190 Å². The number of carbonyl (C=O) groups is 3. The molecule has 0 radical (unpaired) electrons. The predicted octanol–water partition coefficient (Wildman–Crippen LogP) is -2.33. The maximum atomic E-state index is 12.8. The van der Waals surface area contributed by atoms with Crippen molar-refractivity contribution in [3.05, 3.63) is 34.5 Å². The van der Waals surface area contributed by atoms with Gasteiger partial charge in [0.2, 0.25) is 5.91 Å². The number of quaternary nitrogens is 1. The van der Waals surface area contributed by atoms with Crippen molar-refractivity contribution in [2.45, 2.75) is 28.9 Å². The summed E-state index contributed by atoms with van der Waals surface area (Å²) in [5, 5.41) is 39.8. The van der Waals surface area contributed by atoms with Crippen LogP contribution in [-0.2, 0) is 24.1 Å². The van der Waals surface area contributed by atoms with Crippen molar-refractivity contribution in [3.63, 3.8) is 0 Å². The lowest BCUT2D eigenvalue weighted by Gasteiger charge is -2.52. The molecule has 0 saturated carbocycles. The monoisotopic (exact) mass is 538 g/mol. The molecule has 0 spiro atoms. The number of amides is 2. The van der Waals surface area contributed by atoms with Crippen LogP contribution in [-0.4, -0.2) is 100.0 Å². The number of hydrogen-bond donors (Lipinski definition) is 4. The molecule has 3 aliphatic heterocycles. The largest absolute Gasteiger partial charge is 0.543 e. The normalized spacial score (nSPS) is 29.5. The predicted molar refractivity (Wildman–Crippen MR) is 129 cm³/mol. The zero-order valence-electron chi connectivity index (χ0n) is 19.5. The van der Waals surface area contributed by atoms with Crippen molar-refractivity contribution in [1.82, 2.24) is 15.2 Å². The van der Waals surface area contributed by atoms with Crippen LogP contribution in [0.2, 0.25) is 0 Å². The Kier molecular flexibility index (Phi) is 7.12. The number of aliphatic carboxylic acids is 1. The minimum absolute atomic E-state index is 0.0621. The lowest BCUT2D eigenvalue weighted by atomic mass is 9.96. The molecule has 1 aromatic rings. The molecule has 194 valence electrons. The summed E-state index contributed by atoms with van der Waals surface area (Å²) in [5.41, 5.74) is 5.84. The van der Waals surface area contributed by atoms with Crippen LogP contribution in [0.25, 0.3) is 0 Å². The standard InChI is InChI=1S/C21H26N6O7S2/c1-27(8-12(28)13(29)9-27)5-3-4-11-18(19(32)33)26-16(31)6-17(26)36-21(11,14-10-35-20(22)24-14)25-15(30)7-23-34-2/h3-4,7,10,12-13,17,28-29H,5-6,8-9H2,1-2H3,(H3-,22,24,25,30,32,33)/b4-3-,23-7?/t12-,13-,17-,21?/m0/s1. The Morgan fingerprint density at radius 2 is 2.14 bits per heavy atom. The highest BCUT2D eigenvalue weighted by Gasteiger charge is 2.55. The van der Waals surface area contributed by atoms with E-state index in [1.54, 1.807) is 11.5 Å². The van der Waals surface area contributed by atoms with E-state index < -0.39 is 34.3 Å². The van der Waals surface area contributed by atoms with Crippen LogP contribution in [0.3, 0.4) is 0 Å². The molecule has 2 fully saturated rings. The van der Waals surface area contributed by atoms with Crippen LogP contribution < -0.4 is 16.2 Å². The lowest BCUT2D eigenvalue weighted by Crippen LogP contribution is -2.62. The summed E-state index contributed by atoms with van der Waals surface area (Å²) in [6.45, 7) is 0.934. The molecule has 4 rings (SSSR count). The summed E-state index contributed by atoms with van der Waals surface area (Å²) in [7, 11) is 3.12. The molecular formula is C21H26N6O7S2. The zero-order valence-corrected chi connectivity index (χ0v) is 21.1. The molecule has 0 aromatic carbocycles. The summed E-state index contributed by atoms with van der Waals surface area (Å²) in [5.74, 6) is -2.67. The first-order valence-corrected chi connectivity index (χ1v) is 12.7. The SMILES string of the molecule is CON=CC(=O)NC1(c2csc(N)n2)S[C@H]2CC(=O)N2C(C(=O)[O-])=C1/C=C\C[N+]1(C)C[C@H](O)[C@@H](O)C1. The second-order valence-electron chi connectivity index (χ2n) is 8.95. The highest BCUT2D eigenvalue weighted by Crippen LogP contribution is 2.54. The molecule has 3 aliphatic rings. The number of aromatic nitrogens is 1. The van der Waals surface area contributed by atoms with Crippen molar-refractivity contribution in [1.29, 1.82) is 0 Å². The number of nitrogens with zero attached hydrogens (tertiary/aromatic N) is 4. The molecular weight excluding hydrogens is 512 g/mol. The van der Waals surface area contributed by atoms with Crippen molar-refractivity contribution in [3.8, 4) is 0 Å². The third-order valence-corrected chi connectivity index (χ3v) is 8.48. The van der Waals surface area contributed by atoms with Gasteiger partial charge in [0, 0.05) is 11.0 Å². The molecule has 0 aliphatic carbocycles. The Balaban J connectivity index is 1.83. The smallest absolute Gasteiger partial charge is 0.267 e. The maximum Gasteiger partial charge on any atom is 0.267 e. The minimum atomic E-state index is -1.59. The number of β-lactam (4-membered cyclic amide) rings is 1. The summed E-state index contributed by atoms with van der Waals surface area (Å²) < 4.78 is 0.300. The van der Waals surface area contributed by atoms with E-state index in [-0.39, 0.29) is 34.4 Å². The minimum Gasteiger partial charge on any atom is -0.543 e. The molecule has 4 heterocycles. The highest BCUT2D eigenvalue weighted by molar-refractivity contribution is 8.01. The van der Waals surface area contributed by atoms with Crippen LogP contribution >= 0.6 is 23.1 Å². The molecule has 4 atom stereocenters. The van der Waals surface area contributed by atoms with E-state index in [0.717, 1.165) is 34.2 Å². The summed E-state index contributed by atoms with van der Waals surface area (Å²) >= 11 is 2.26. The van der Waals surface area contributed by atoms with Crippen LogP contribution in [0.5, 0.6) is 0 Å². The van der Waals surface area contributed by atoms with Crippen LogP contribution in [0, 0.1) is 0 Å². The van der Waals surface area contributed by atoms with E-state index in [4.69, 9.17) is 5.73 Å². The number of carboxylic acids is 1. The van der Waals surface area contributed by atoms with Crippen molar-refractivity contribution in [2.24, 2.45) is 5.16 Å². The number of carboxylic acid groups (broad SMARTS) is 1. The number of aliphatic hydroxyl groups is 2. The molecule has 2 amide bonds. The van der Waals surface area contributed by atoms with E-state index in [1.807, 2.05) is 7.05 Å². The molecule has 36 heavy (non-hydrogen) atoms. The number of nitrogens with two attached hydrogens (primary N) is 1. The molecule has 1 aromatic heterocycles. The average molecular weight is 539 g/mol. The number of thiazole rings is 1. The molecule has 13 nitrogen and oxygen atoms in total. The number of hydrogen-bond acceptors (Lipinski definition) is 12. The number of nitrogens with one attached hydrogen (secondary N) is 1. The summed E-state index contributed by atoms with van der Waals surface area (Å²) in [4.78, 5) is 46.1.